The Hall–Kier alpha value is -2.08. The van der Waals surface area contributed by atoms with Crippen LogP contribution in [-0.4, -0.2) is 67.1 Å². The van der Waals surface area contributed by atoms with Gasteiger partial charge >= 0.3 is 5.97 Å². The van der Waals surface area contributed by atoms with E-state index in [0.29, 0.717) is 32.8 Å². The smallest absolute Gasteiger partial charge is 0.323 e. The summed E-state index contributed by atoms with van der Waals surface area (Å²) in [6, 6.07) is 5.71. The molecule has 0 radical (unpaired) electrons. The van der Waals surface area contributed by atoms with Crippen molar-refractivity contribution in [3.05, 3.63) is 29.3 Å². The highest BCUT2D eigenvalue weighted by Gasteiger charge is 2.34. The zero-order valence-electron chi connectivity index (χ0n) is 14.3. The van der Waals surface area contributed by atoms with E-state index in [1.165, 1.54) is 0 Å². The van der Waals surface area contributed by atoms with Gasteiger partial charge in [-0.25, -0.2) is 0 Å². The topological polar surface area (TPSA) is 59.1 Å². The highest BCUT2D eigenvalue weighted by Crippen LogP contribution is 2.21. The van der Waals surface area contributed by atoms with Gasteiger partial charge in [0.1, 0.15) is 11.8 Å². The van der Waals surface area contributed by atoms with Crippen LogP contribution in [0.15, 0.2) is 18.2 Å². The number of rotatable bonds is 4. The van der Waals surface area contributed by atoms with E-state index in [0.717, 1.165) is 23.3 Å². The van der Waals surface area contributed by atoms with E-state index in [4.69, 9.17) is 9.47 Å². The number of carbonyl (C=O) groups is 2. The van der Waals surface area contributed by atoms with E-state index in [1.54, 1.807) is 0 Å². The molecule has 2 aliphatic rings. The second kappa shape index (κ2) is 7.21. The van der Waals surface area contributed by atoms with Crippen molar-refractivity contribution in [3.8, 4) is 5.75 Å². The molecular formula is C18H24N2O4. The van der Waals surface area contributed by atoms with Crippen LogP contribution < -0.4 is 4.74 Å². The lowest BCUT2D eigenvalue weighted by molar-refractivity contribution is -0.143. The number of cyclic esters (lactones) is 1. The fourth-order valence-electron chi connectivity index (χ4n) is 3.21. The van der Waals surface area contributed by atoms with Crippen molar-refractivity contribution in [3.63, 3.8) is 0 Å². The Morgan fingerprint density at radius 3 is 2.67 bits per heavy atom. The van der Waals surface area contributed by atoms with Crippen molar-refractivity contribution in [1.29, 1.82) is 0 Å². The number of esters is 1. The lowest BCUT2D eigenvalue weighted by atomic mass is 10.1. The molecule has 0 spiro atoms. The number of hydrogen-bond donors (Lipinski definition) is 0. The molecule has 0 aromatic heterocycles. The summed E-state index contributed by atoms with van der Waals surface area (Å²) in [4.78, 5) is 27.9. The average Bonchev–Trinajstić information content (AvgIpc) is 3.02. The number of benzene rings is 1. The fourth-order valence-corrected chi connectivity index (χ4v) is 3.21. The quantitative estimate of drug-likeness (QED) is 0.774. The predicted octanol–water partition coefficient (Wildman–Crippen LogP) is 1.14. The molecule has 2 aliphatic heterocycles. The summed E-state index contributed by atoms with van der Waals surface area (Å²) >= 11 is 0. The third-order valence-corrected chi connectivity index (χ3v) is 4.92. The van der Waals surface area contributed by atoms with Gasteiger partial charge in [0, 0.05) is 32.6 Å². The van der Waals surface area contributed by atoms with Crippen LogP contribution in [0, 0.1) is 13.8 Å². The maximum Gasteiger partial charge on any atom is 0.323 e. The molecule has 24 heavy (non-hydrogen) atoms. The summed E-state index contributed by atoms with van der Waals surface area (Å²) in [5.74, 6) is 0.619. The summed E-state index contributed by atoms with van der Waals surface area (Å²) < 4.78 is 10.7. The van der Waals surface area contributed by atoms with E-state index >= 15 is 0 Å². The number of amides is 1. The second-order valence-corrected chi connectivity index (χ2v) is 6.38. The Morgan fingerprint density at radius 2 is 2.00 bits per heavy atom. The Labute approximate surface area is 142 Å². The van der Waals surface area contributed by atoms with Gasteiger partial charge in [-0.1, -0.05) is 12.1 Å². The lowest BCUT2D eigenvalue weighted by Crippen LogP contribution is -2.53. The largest absolute Gasteiger partial charge is 0.483 e. The second-order valence-electron chi connectivity index (χ2n) is 6.38. The Bertz CT molecular complexity index is 623. The molecule has 6 nitrogen and oxygen atoms in total. The first-order valence-corrected chi connectivity index (χ1v) is 8.44. The van der Waals surface area contributed by atoms with E-state index in [2.05, 4.69) is 4.90 Å². The van der Waals surface area contributed by atoms with Crippen LogP contribution in [0.1, 0.15) is 17.5 Å². The molecule has 0 unspecified atom stereocenters. The maximum atomic E-state index is 12.4. The average molecular weight is 332 g/mol. The molecule has 0 aliphatic carbocycles. The molecule has 2 fully saturated rings. The number of aryl methyl sites for hydroxylation is 1. The lowest BCUT2D eigenvalue weighted by Gasteiger charge is -2.36. The molecule has 0 saturated carbocycles. The monoisotopic (exact) mass is 332 g/mol. The van der Waals surface area contributed by atoms with Crippen molar-refractivity contribution in [2.75, 3.05) is 39.4 Å². The first-order chi connectivity index (χ1) is 11.6. The normalized spacial score (nSPS) is 21.7. The third-order valence-electron chi connectivity index (χ3n) is 4.92. The summed E-state index contributed by atoms with van der Waals surface area (Å²) in [6.07, 6.45) is 0.753. The van der Waals surface area contributed by atoms with Crippen LogP contribution in [0.25, 0.3) is 0 Å². The minimum Gasteiger partial charge on any atom is -0.483 e. The van der Waals surface area contributed by atoms with Gasteiger partial charge in [-0.05, 0) is 31.0 Å². The minimum atomic E-state index is -0.131. The van der Waals surface area contributed by atoms with Gasteiger partial charge in [-0.3, -0.25) is 14.5 Å². The van der Waals surface area contributed by atoms with Crippen LogP contribution in [0.5, 0.6) is 5.75 Å². The minimum absolute atomic E-state index is 0.00967. The summed E-state index contributed by atoms with van der Waals surface area (Å²) in [7, 11) is 0. The number of ether oxygens (including phenoxy) is 2. The molecule has 1 aromatic rings. The summed E-state index contributed by atoms with van der Waals surface area (Å²) in [5.41, 5.74) is 2.21. The molecule has 0 N–H and O–H groups in total. The van der Waals surface area contributed by atoms with Gasteiger partial charge in [-0.15, -0.1) is 0 Å². The van der Waals surface area contributed by atoms with Crippen LogP contribution in [-0.2, 0) is 14.3 Å². The van der Waals surface area contributed by atoms with Crippen LogP contribution >= 0.6 is 0 Å². The maximum absolute atomic E-state index is 12.4. The highest BCUT2D eigenvalue weighted by atomic mass is 16.5. The standard InChI is InChI=1S/C18H24N2O4/c1-13-4-3-5-16(14(13)2)24-12-17(21)20-9-7-19(8-10-20)15-6-11-23-18(15)22/h3-5,15H,6-12H2,1-2H3/t15-/m1/s1. The molecule has 1 atom stereocenters. The number of nitrogens with zero attached hydrogens (tertiary/aromatic N) is 2. The molecule has 130 valence electrons. The fraction of sp³-hybridized carbons (Fsp3) is 0.556. The summed E-state index contributed by atoms with van der Waals surface area (Å²) in [6.45, 7) is 7.23. The van der Waals surface area contributed by atoms with Gasteiger partial charge < -0.3 is 14.4 Å². The number of hydrogen-bond acceptors (Lipinski definition) is 5. The van der Waals surface area contributed by atoms with Crippen molar-refractivity contribution in [1.82, 2.24) is 9.80 Å². The number of carbonyl (C=O) groups excluding carboxylic acids is 2. The van der Waals surface area contributed by atoms with Crippen LogP contribution in [0.4, 0.5) is 0 Å². The zero-order valence-corrected chi connectivity index (χ0v) is 14.3. The Kier molecular flexibility index (Phi) is 5.04. The van der Waals surface area contributed by atoms with Gasteiger partial charge in [-0.2, -0.15) is 0 Å². The first kappa shape index (κ1) is 16.8. The Morgan fingerprint density at radius 1 is 1.25 bits per heavy atom. The zero-order chi connectivity index (χ0) is 17.1. The molecular weight excluding hydrogens is 308 g/mol. The molecule has 3 rings (SSSR count). The molecule has 1 aromatic carbocycles. The van der Waals surface area contributed by atoms with Gasteiger partial charge in [0.05, 0.1) is 6.61 Å². The van der Waals surface area contributed by atoms with E-state index in [-0.39, 0.29) is 24.5 Å². The molecule has 2 heterocycles. The van der Waals surface area contributed by atoms with Crippen LogP contribution in [0.2, 0.25) is 0 Å². The first-order valence-electron chi connectivity index (χ1n) is 8.44. The van der Waals surface area contributed by atoms with Gasteiger partial charge in [0.25, 0.3) is 5.91 Å². The molecule has 6 heteroatoms. The van der Waals surface area contributed by atoms with Gasteiger partial charge in [0.15, 0.2) is 6.61 Å². The van der Waals surface area contributed by atoms with Crippen molar-refractivity contribution < 1.29 is 19.1 Å². The molecule has 2 saturated heterocycles. The number of piperazine rings is 1. The van der Waals surface area contributed by atoms with E-state index < -0.39 is 0 Å². The predicted molar refractivity (Wildman–Crippen MR) is 88.9 cm³/mol. The van der Waals surface area contributed by atoms with Gasteiger partial charge in [0.2, 0.25) is 0 Å². The Balaban J connectivity index is 1.48. The highest BCUT2D eigenvalue weighted by molar-refractivity contribution is 5.79. The van der Waals surface area contributed by atoms with Crippen LogP contribution in [0.3, 0.4) is 0 Å². The van der Waals surface area contributed by atoms with E-state index in [1.807, 2.05) is 36.9 Å². The van der Waals surface area contributed by atoms with Crippen molar-refractivity contribution >= 4 is 11.9 Å². The van der Waals surface area contributed by atoms with Crippen molar-refractivity contribution in [2.45, 2.75) is 26.3 Å². The SMILES string of the molecule is Cc1cccc(OCC(=O)N2CCN([C@@H]3CCOC3=O)CC2)c1C. The third kappa shape index (κ3) is 3.53. The molecule has 1 amide bonds. The van der Waals surface area contributed by atoms with E-state index in [9.17, 15) is 9.59 Å². The molecule has 0 bridgehead atoms. The summed E-state index contributed by atoms with van der Waals surface area (Å²) in [5, 5.41) is 0. The van der Waals surface area contributed by atoms with Crippen molar-refractivity contribution in [2.24, 2.45) is 0 Å².